The maximum atomic E-state index is 12.8. The lowest BCUT2D eigenvalue weighted by Crippen LogP contribution is -2.44. The lowest BCUT2D eigenvalue weighted by molar-refractivity contribution is -0.0328. The number of nitrogen functional groups attached to an aromatic ring is 1. The third kappa shape index (κ3) is 16.8. The van der Waals surface area contributed by atoms with Gasteiger partial charge in [0.15, 0.2) is 0 Å². The lowest BCUT2D eigenvalue weighted by Gasteiger charge is -2.36. The first kappa shape index (κ1) is 50.6. The van der Waals surface area contributed by atoms with Gasteiger partial charge in [0, 0.05) is 75.9 Å². The van der Waals surface area contributed by atoms with Crippen LogP contribution in [0, 0.1) is 5.92 Å². The third-order valence-corrected chi connectivity index (χ3v) is 14.5. The number of alkyl halides is 3. The van der Waals surface area contributed by atoms with E-state index < -0.39 is 11.6 Å². The van der Waals surface area contributed by atoms with E-state index in [4.69, 9.17) is 17.3 Å². The molecule has 2 aliphatic rings. The average Bonchev–Trinajstić information content (AvgIpc) is 3.32. The first-order valence-electron chi connectivity index (χ1n) is 22.2. The fourth-order valence-corrected chi connectivity index (χ4v) is 10.4. The molecule has 1 atom stereocenters. The zero-order chi connectivity index (χ0) is 46.0. The number of anilines is 2. The van der Waals surface area contributed by atoms with Gasteiger partial charge in [-0.05, 0) is 178 Å². The summed E-state index contributed by atoms with van der Waals surface area (Å²) in [5.74, 6) is 0.980. The van der Waals surface area contributed by atoms with E-state index in [-0.39, 0.29) is 34.2 Å². The average molecular weight is 966 g/mol. The Labute approximate surface area is 400 Å². The van der Waals surface area contributed by atoms with Gasteiger partial charge in [-0.1, -0.05) is 66.2 Å². The number of amides is 1. The number of aliphatic hydroxyl groups is 1. The standard InChI is InChI=1S/C32H29ClF3N3O2S2.C18H31N3S/c33-23-9-5-20(6-10-23)26-3-1-2-4-27(26)30(40)21-15-17-39(18-16-21)24-11-7-22(8-12-24)31(41)38-43-25-13-14-28(37)29(19-25)42-32(34,35)36;1-20(13-7-14-21-15-10-19-11-16-21)12-5-6-17-22-18-8-3-2-4-9-18/h1-14,19,21,30,40H,15-18,37H2,(H,38,41);2-4,8-9,19H,5-7,10-17H2,1H3. The number of rotatable bonds is 18. The number of piperidine rings is 1. The number of unbranched alkanes of at least 4 members (excludes halogenated alkanes) is 1. The Morgan fingerprint density at radius 3 is 2.25 bits per heavy atom. The quantitative estimate of drug-likeness (QED) is 0.0294. The van der Waals surface area contributed by atoms with Crippen molar-refractivity contribution in [3.8, 4) is 11.1 Å². The third-order valence-electron chi connectivity index (χ3n) is 11.6. The van der Waals surface area contributed by atoms with E-state index in [1.807, 2.05) is 72.4 Å². The van der Waals surface area contributed by atoms with E-state index in [2.05, 4.69) is 62.1 Å². The van der Waals surface area contributed by atoms with Crippen molar-refractivity contribution in [2.45, 2.75) is 58.4 Å². The summed E-state index contributed by atoms with van der Waals surface area (Å²) in [7, 11) is 2.27. The molecule has 1 unspecified atom stereocenters. The van der Waals surface area contributed by atoms with Gasteiger partial charge in [0.2, 0.25) is 0 Å². The van der Waals surface area contributed by atoms with Crippen molar-refractivity contribution in [2.24, 2.45) is 5.92 Å². The molecule has 65 heavy (non-hydrogen) atoms. The summed E-state index contributed by atoms with van der Waals surface area (Å²) in [4.78, 5) is 21.7. The molecule has 2 aliphatic heterocycles. The predicted molar refractivity (Wildman–Crippen MR) is 267 cm³/mol. The summed E-state index contributed by atoms with van der Waals surface area (Å²) in [6.45, 7) is 10.0. The second-order valence-electron chi connectivity index (χ2n) is 16.3. The highest BCUT2D eigenvalue weighted by atomic mass is 35.5. The van der Waals surface area contributed by atoms with Crippen LogP contribution in [0.25, 0.3) is 11.1 Å². The molecule has 7 rings (SSSR count). The van der Waals surface area contributed by atoms with Crippen molar-refractivity contribution >= 4 is 64.4 Å². The second kappa shape index (κ2) is 25.9. The minimum absolute atomic E-state index is 0.0230. The summed E-state index contributed by atoms with van der Waals surface area (Å²) < 4.78 is 41.0. The molecule has 5 aromatic carbocycles. The van der Waals surface area contributed by atoms with E-state index in [1.165, 1.54) is 74.8 Å². The summed E-state index contributed by atoms with van der Waals surface area (Å²) in [6.07, 6.45) is 4.94. The zero-order valence-corrected chi connectivity index (χ0v) is 40.0. The van der Waals surface area contributed by atoms with E-state index in [0.29, 0.717) is 15.5 Å². The highest BCUT2D eigenvalue weighted by Gasteiger charge is 2.31. The summed E-state index contributed by atoms with van der Waals surface area (Å²) in [5, 5.41) is 15.4. The Morgan fingerprint density at radius 2 is 1.54 bits per heavy atom. The van der Waals surface area contributed by atoms with Gasteiger partial charge in [0.25, 0.3) is 5.91 Å². The number of halogens is 4. The SMILES string of the molecule is CN(CCCCSc1ccccc1)CCCN1CCNCC1.Nc1ccc(SNC(=O)c2ccc(N3CCC(C(O)c4ccccc4-c4ccc(Cl)cc4)CC3)cc2)cc1SC(F)(F)F. The molecule has 2 saturated heterocycles. The number of carbonyl (C=O) groups is 1. The second-order valence-corrected chi connectivity index (χ2v) is 19.9. The topological polar surface area (TPSA) is 97.1 Å². The normalized spacial score (nSPS) is 15.3. The highest BCUT2D eigenvalue weighted by molar-refractivity contribution is 8.00. The lowest BCUT2D eigenvalue weighted by atomic mass is 9.84. The van der Waals surface area contributed by atoms with Gasteiger partial charge in [-0.3, -0.25) is 9.52 Å². The fourth-order valence-electron chi connectivity index (χ4n) is 7.95. The number of nitrogens with one attached hydrogen (secondary N) is 2. The number of thioether (sulfide) groups is 2. The van der Waals surface area contributed by atoms with E-state index in [9.17, 15) is 23.1 Å². The number of hydrogen-bond donors (Lipinski definition) is 4. The summed E-state index contributed by atoms with van der Waals surface area (Å²) in [5.41, 5.74) is 5.56. The van der Waals surface area contributed by atoms with E-state index in [1.54, 1.807) is 18.2 Å². The van der Waals surface area contributed by atoms with Crippen molar-refractivity contribution in [1.29, 1.82) is 0 Å². The van der Waals surface area contributed by atoms with Gasteiger partial charge in [0.05, 0.1) is 6.10 Å². The van der Waals surface area contributed by atoms with Crippen LogP contribution in [0.2, 0.25) is 5.02 Å². The number of hydrogen-bond acceptors (Lipinski definition) is 10. The maximum absolute atomic E-state index is 12.8. The van der Waals surface area contributed by atoms with E-state index in [0.717, 1.165) is 73.3 Å². The zero-order valence-electron chi connectivity index (χ0n) is 36.8. The van der Waals surface area contributed by atoms with Crippen LogP contribution in [-0.4, -0.2) is 98.0 Å². The molecule has 2 heterocycles. The Bertz CT molecular complexity index is 2190. The van der Waals surface area contributed by atoms with Crippen molar-refractivity contribution in [3.05, 3.63) is 137 Å². The minimum atomic E-state index is -4.46. The maximum Gasteiger partial charge on any atom is 0.446 e. The number of nitrogens with zero attached hydrogens (tertiary/aromatic N) is 3. The van der Waals surface area contributed by atoms with Gasteiger partial charge in [-0.25, -0.2) is 0 Å². The van der Waals surface area contributed by atoms with Crippen molar-refractivity contribution in [1.82, 2.24) is 19.8 Å². The molecule has 8 nitrogen and oxygen atoms in total. The molecule has 5 aromatic rings. The first-order chi connectivity index (χ1) is 31.4. The van der Waals surface area contributed by atoms with Crippen LogP contribution in [0.15, 0.2) is 136 Å². The fraction of sp³-hybridized carbons (Fsp3) is 0.380. The van der Waals surface area contributed by atoms with Crippen molar-refractivity contribution in [2.75, 3.05) is 82.3 Å². The molecule has 0 saturated carbocycles. The van der Waals surface area contributed by atoms with Crippen LogP contribution in [0.1, 0.15) is 54.1 Å². The van der Waals surface area contributed by atoms with Crippen LogP contribution in [0.3, 0.4) is 0 Å². The Hall–Kier alpha value is -3.86. The Balaban J connectivity index is 0.000000267. The van der Waals surface area contributed by atoms with Crippen LogP contribution >= 0.6 is 47.1 Å². The van der Waals surface area contributed by atoms with Crippen molar-refractivity contribution in [3.63, 3.8) is 0 Å². The molecular formula is C50H60ClF3N6O2S3. The molecular weight excluding hydrogens is 905 g/mol. The molecule has 2 fully saturated rings. The number of nitrogens with two attached hydrogens (primary N) is 1. The van der Waals surface area contributed by atoms with Gasteiger partial charge < -0.3 is 30.9 Å². The summed E-state index contributed by atoms with van der Waals surface area (Å²) in [6, 6.07) is 37.7. The Morgan fingerprint density at radius 1 is 0.862 bits per heavy atom. The van der Waals surface area contributed by atoms with Crippen LogP contribution < -0.4 is 20.7 Å². The molecule has 5 N–H and O–H groups in total. The van der Waals surface area contributed by atoms with Gasteiger partial charge in [-0.2, -0.15) is 13.2 Å². The molecule has 0 radical (unpaired) electrons. The van der Waals surface area contributed by atoms with E-state index >= 15 is 0 Å². The number of aliphatic hydroxyl groups excluding tert-OH is 1. The smallest absolute Gasteiger partial charge is 0.398 e. The predicted octanol–water partition coefficient (Wildman–Crippen LogP) is 11.4. The number of benzene rings is 5. The molecule has 15 heteroatoms. The molecule has 0 aromatic heterocycles. The number of piperazine rings is 1. The monoisotopic (exact) mass is 964 g/mol. The summed E-state index contributed by atoms with van der Waals surface area (Å²) >= 11 is 8.69. The van der Waals surface area contributed by atoms with Crippen LogP contribution in [0.5, 0.6) is 0 Å². The molecule has 1 amide bonds. The van der Waals surface area contributed by atoms with Gasteiger partial charge in [0.1, 0.15) is 0 Å². The Kier molecular flexibility index (Phi) is 20.1. The number of carbonyl (C=O) groups excluding carboxylic acids is 1. The van der Waals surface area contributed by atoms with Crippen molar-refractivity contribution < 1.29 is 23.1 Å². The highest BCUT2D eigenvalue weighted by Crippen LogP contribution is 2.41. The van der Waals surface area contributed by atoms with Crippen LogP contribution in [0.4, 0.5) is 24.5 Å². The molecule has 0 spiro atoms. The molecule has 348 valence electrons. The van der Waals surface area contributed by atoms with Gasteiger partial charge >= 0.3 is 5.51 Å². The largest absolute Gasteiger partial charge is 0.446 e. The van der Waals surface area contributed by atoms with Gasteiger partial charge in [-0.15, -0.1) is 11.8 Å². The van der Waals surface area contributed by atoms with Crippen LogP contribution in [-0.2, 0) is 0 Å². The first-order valence-corrected chi connectivity index (χ1v) is 25.2. The minimum Gasteiger partial charge on any atom is -0.398 e. The molecule has 0 aliphatic carbocycles. The molecule has 0 bridgehead atoms.